The number of aliphatic hydroxyl groups is 12. The molecule has 0 aliphatic heterocycles. The first kappa shape index (κ1) is 119. The molecule has 39 heteroatoms. The molecule has 0 spiro atoms. The van der Waals surface area contributed by atoms with E-state index in [0.29, 0.717) is 104 Å². The molecule has 786 valence electrons. The number of carboxylic acid groups (broad SMARTS) is 3. The van der Waals surface area contributed by atoms with Gasteiger partial charge in [-0.05, 0) is 169 Å². The van der Waals surface area contributed by atoms with Crippen molar-refractivity contribution in [3.05, 3.63) is 337 Å². The number of aromatic hydroxyl groups is 17. The fraction of sp³-hybridized carbons (Fsp3) is 0.241. The van der Waals surface area contributed by atoms with Crippen LogP contribution in [-0.2, 0) is 115 Å². The van der Waals surface area contributed by atoms with E-state index in [1.54, 1.807) is 72.8 Å². The van der Waals surface area contributed by atoms with Crippen LogP contribution in [0.3, 0.4) is 0 Å². The molecule has 0 amide bonds. The van der Waals surface area contributed by atoms with E-state index < -0.39 is 90.1 Å². The molecule has 13 rings (SSSR count). The van der Waals surface area contributed by atoms with Gasteiger partial charge in [0.05, 0.1) is 105 Å². The number of aryl methyl sites for hydroxylation is 5. The number of rotatable bonds is 29. The average Bonchev–Trinajstić information content (AvgIpc) is 0.782. The fourth-order valence-corrected chi connectivity index (χ4v) is 15.3. The molecule has 13 aromatic rings. The molecule has 0 saturated heterocycles. The molecule has 0 heterocycles. The molecule has 147 heavy (non-hydrogen) atoms. The third-order valence-corrected chi connectivity index (χ3v) is 22.8. The van der Waals surface area contributed by atoms with Gasteiger partial charge < -0.3 is 178 Å². The van der Waals surface area contributed by atoms with Gasteiger partial charge in [0.25, 0.3) is 6.47 Å². The highest BCUT2D eigenvalue weighted by atomic mass is 16.5. The summed E-state index contributed by atoms with van der Waals surface area (Å²) >= 11 is 0. The van der Waals surface area contributed by atoms with Crippen molar-refractivity contribution in [2.24, 2.45) is 0 Å². The molecular formula is C108H120O39. The monoisotopic (exact) mass is 2040 g/mol. The second-order valence-corrected chi connectivity index (χ2v) is 33.7. The summed E-state index contributed by atoms with van der Waals surface area (Å²) in [4.78, 5) is 41.4. The number of hydrogen-bond acceptors (Lipinski definition) is 36. The van der Waals surface area contributed by atoms with Gasteiger partial charge in [0, 0.05) is 104 Å². The van der Waals surface area contributed by atoms with Gasteiger partial charge >= 0.3 is 17.9 Å². The maximum atomic E-state index is 10.9. The molecule has 0 aliphatic rings. The first-order chi connectivity index (χ1) is 69.5. The molecule has 0 fully saturated rings. The van der Waals surface area contributed by atoms with Crippen LogP contribution < -0.4 is 14.2 Å². The molecule has 0 unspecified atom stereocenters. The summed E-state index contributed by atoms with van der Waals surface area (Å²) in [5, 5.41) is 301. The maximum absolute atomic E-state index is 10.9. The zero-order valence-electron chi connectivity index (χ0n) is 81.2. The first-order valence-corrected chi connectivity index (χ1v) is 44.3. The number of carbonyl (C=O) groups excluding carboxylic acids is 1. The fourth-order valence-electron chi connectivity index (χ4n) is 15.3. The third kappa shape index (κ3) is 31.5. The molecule has 0 saturated carbocycles. The van der Waals surface area contributed by atoms with Gasteiger partial charge in [-0.3, -0.25) is 4.79 Å². The summed E-state index contributed by atoms with van der Waals surface area (Å²) in [5.74, 6) is -7.60. The van der Waals surface area contributed by atoms with E-state index in [4.69, 9.17) is 70.8 Å². The van der Waals surface area contributed by atoms with Gasteiger partial charge in [0.1, 0.15) is 74.6 Å². The average molecular weight is 2040 g/mol. The molecule has 32 N–H and O–H groups in total. The minimum Gasteiger partial charge on any atom is -0.508 e. The highest BCUT2D eigenvalue weighted by Crippen LogP contribution is 2.44. The maximum Gasteiger partial charge on any atom is 0.339 e. The SMILES string of the molecule is CC(C)(c1ccc(O)cc1)c1ccc(O)cc1.COc1cc(C(=O)O)cc(OC)c1O.Cc1cc(CO)c(O)c(Cc2cc(C)cc(CO)c2O)c1.Cc1cc(CO)c(O)c(Cc2cc(C)cc(Cc3cc(C)cc(CO)c3O)c2O)c1.O=C(O)c1cc(O)c(O)c(O)c1.O=COc1cc(O)c(C(=O)O)cc1O.OCc1c(O)c(CO)c(CO)c(O)c1CO.OCc1cc(Cc2cc(CO)c(O)c(CO)c2)cc(CO)c1O. The van der Waals surface area contributed by atoms with Crippen LogP contribution in [0, 0.1) is 34.6 Å². The first-order valence-electron chi connectivity index (χ1n) is 44.3. The number of hydrogen-bond donors (Lipinski definition) is 32. The van der Waals surface area contributed by atoms with Crippen LogP contribution in [0.4, 0.5) is 0 Å². The van der Waals surface area contributed by atoms with Crippen molar-refractivity contribution in [2.75, 3.05) is 14.2 Å². The number of carbonyl (C=O) groups is 4. The Hall–Kier alpha value is -16.5. The Bertz CT molecular complexity index is 6330. The normalized spacial score (nSPS) is 10.6. The summed E-state index contributed by atoms with van der Waals surface area (Å²) in [6.45, 7) is 9.01. The van der Waals surface area contributed by atoms with E-state index >= 15 is 0 Å². The van der Waals surface area contributed by atoms with Crippen LogP contribution in [-0.4, -0.2) is 202 Å². The Morgan fingerprint density at radius 3 is 0.741 bits per heavy atom. The van der Waals surface area contributed by atoms with Crippen molar-refractivity contribution in [2.45, 2.75) is 159 Å². The predicted octanol–water partition coefficient (Wildman–Crippen LogP) is 11.3. The lowest BCUT2D eigenvalue weighted by Crippen LogP contribution is -2.18. The van der Waals surface area contributed by atoms with Gasteiger partial charge in [0.2, 0.25) is 5.75 Å². The number of phenols is 17. The van der Waals surface area contributed by atoms with E-state index in [1.807, 2.05) is 95.3 Å². The number of benzene rings is 13. The van der Waals surface area contributed by atoms with E-state index in [9.17, 15) is 121 Å². The molecule has 0 radical (unpaired) electrons. The summed E-state index contributed by atoms with van der Waals surface area (Å²) in [6, 6.07) is 44.7. The van der Waals surface area contributed by atoms with E-state index in [-0.39, 0.29) is 173 Å². The molecule has 39 nitrogen and oxygen atoms in total. The van der Waals surface area contributed by atoms with Crippen molar-refractivity contribution in [1.82, 2.24) is 0 Å². The number of aliphatic hydroxyl groups excluding tert-OH is 12. The van der Waals surface area contributed by atoms with Gasteiger partial charge in [-0.25, -0.2) is 14.4 Å². The van der Waals surface area contributed by atoms with Gasteiger partial charge in [-0.1, -0.05) is 127 Å². The molecule has 0 aliphatic carbocycles. The molecule has 0 aromatic heterocycles. The largest absolute Gasteiger partial charge is 0.508 e. The zero-order chi connectivity index (χ0) is 110. The topological polar surface area (TPSA) is 743 Å². The standard InChI is InChI=1S/C25H28O5.C17H20O6.C17H20O4.C15H16O2.C10H14O6.C9H10O5.C8H6O6.C7H6O5/c1-14-4-17(10-19-6-15(2)8-21(12-26)24(19)29)23(28)18(5-14)11-20-7-16(3)9-22(13-27)25(20)30;18-6-12-2-10(3-13(7-19)16(12)22)1-11-4-14(8-20)17(23)15(5-11)9-21;1-10-3-12(16(20)14(5-10)8-18)7-13-4-11(2)6-15(9-19)17(13)21;1-15(2,11-3-7-13(16)8-4-11)12-5-9-14(17)10-6-12;11-1-5-6(2-12)10(16)8(4-14)7(3-13)9(5)15;1-13-6-3-5(9(11)12)4-7(14-2)8(6)10;9-3-14-7-2-5(10)4(8(12)13)1-6(7)11;8-4-1-3(7(11)12)2-5(9)6(4)10/h4-9,26-30H,10-13H2,1-3H3;2-5,18-23H,1,6-9H2;3-6,18-21H,7-9H2,1-2H3;3-10,16-17H,1-2H3;11-16H,1-4H2;3-4,10H,1-2H3,(H,11,12);1-3,10-11H,(H,12,13);1-2,8-10H,(H,11,12). The van der Waals surface area contributed by atoms with Crippen molar-refractivity contribution < 1.29 is 197 Å². The highest BCUT2D eigenvalue weighted by Gasteiger charge is 2.27. The lowest BCUT2D eigenvalue weighted by Gasteiger charge is -2.26. The van der Waals surface area contributed by atoms with Crippen LogP contribution in [0.2, 0.25) is 0 Å². The van der Waals surface area contributed by atoms with Crippen LogP contribution >= 0.6 is 0 Å². The van der Waals surface area contributed by atoms with Gasteiger partial charge in [-0.2, -0.15) is 0 Å². The van der Waals surface area contributed by atoms with Gasteiger partial charge in [0.15, 0.2) is 40.2 Å². The number of phenolic OH excluding ortho intramolecular Hbond substituents is 8. The Labute approximate surface area is 842 Å². The van der Waals surface area contributed by atoms with E-state index in [0.717, 1.165) is 74.3 Å². The molecule has 0 bridgehead atoms. The molecule has 0 atom stereocenters. The second-order valence-electron chi connectivity index (χ2n) is 33.7. The predicted molar refractivity (Wildman–Crippen MR) is 531 cm³/mol. The van der Waals surface area contributed by atoms with Crippen LogP contribution in [0.25, 0.3) is 0 Å². The van der Waals surface area contributed by atoms with Crippen molar-refractivity contribution in [1.29, 1.82) is 0 Å². The smallest absolute Gasteiger partial charge is 0.339 e. The number of carboxylic acids is 3. The molecular weight excluding hydrogens is 1920 g/mol. The zero-order valence-corrected chi connectivity index (χ0v) is 81.2. The number of ether oxygens (including phenoxy) is 3. The Morgan fingerprint density at radius 2 is 0.503 bits per heavy atom. The third-order valence-electron chi connectivity index (χ3n) is 22.8. The van der Waals surface area contributed by atoms with Crippen LogP contribution in [0.1, 0.15) is 195 Å². The second kappa shape index (κ2) is 55.4. The minimum atomic E-state index is -1.39. The quantitative estimate of drug-likeness (QED) is 0.0118. The van der Waals surface area contributed by atoms with E-state index in [1.165, 1.54) is 26.4 Å². The van der Waals surface area contributed by atoms with Crippen molar-refractivity contribution in [3.8, 4) is 115 Å². The van der Waals surface area contributed by atoms with E-state index in [2.05, 4.69) is 18.6 Å². The lowest BCUT2D eigenvalue weighted by molar-refractivity contribution is -0.120. The summed E-state index contributed by atoms with van der Waals surface area (Å²) < 4.78 is 13.8. The lowest BCUT2D eigenvalue weighted by atomic mass is 9.78. The minimum absolute atomic E-state index is 0.00324. The Morgan fingerprint density at radius 1 is 0.259 bits per heavy atom. The van der Waals surface area contributed by atoms with Gasteiger partial charge in [-0.15, -0.1) is 0 Å². The van der Waals surface area contributed by atoms with Crippen molar-refractivity contribution in [3.63, 3.8) is 0 Å². The summed E-state index contributed by atoms with van der Waals surface area (Å²) in [7, 11) is 2.67. The number of aromatic carboxylic acids is 3. The van der Waals surface area contributed by atoms with Crippen molar-refractivity contribution >= 4 is 24.4 Å². The highest BCUT2D eigenvalue weighted by molar-refractivity contribution is 5.92. The number of methoxy groups -OCH3 is 2. The summed E-state index contributed by atoms with van der Waals surface area (Å²) in [5.41, 5.74) is 14.2. The van der Waals surface area contributed by atoms with Crippen LogP contribution in [0.5, 0.6) is 115 Å². The summed E-state index contributed by atoms with van der Waals surface area (Å²) in [6.07, 6.45) is 1.34. The molecule has 13 aromatic carbocycles. The van der Waals surface area contributed by atoms with Crippen LogP contribution in [0.15, 0.2) is 170 Å². The Balaban J connectivity index is 0.000000261. The Kier molecular flexibility index (Phi) is 44.9.